The number of carbonyl (C=O) groups is 3. The van der Waals surface area contributed by atoms with E-state index in [9.17, 15) is 18.8 Å². The van der Waals surface area contributed by atoms with Gasteiger partial charge in [-0.05, 0) is 41.7 Å². The van der Waals surface area contributed by atoms with Gasteiger partial charge in [-0.1, -0.05) is 36.4 Å². The van der Waals surface area contributed by atoms with Crippen LogP contribution >= 0.6 is 0 Å². The van der Waals surface area contributed by atoms with Crippen molar-refractivity contribution in [2.45, 2.75) is 25.0 Å². The van der Waals surface area contributed by atoms with Crippen LogP contribution in [0.15, 0.2) is 48.5 Å². The minimum atomic E-state index is -1.09. The number of ether oxygens (including phenoxy) is 1. The predicted molar refractivity (Wildman–Crippen MR) is 92.9 cm³/mol. The van der Waals surface area contributed by atoms with Crippen molar-refractivity contribution in [1.82, 2.24) is 10.2 Å². The fraction of sp³-hybridized carbons (Fsp3) is 0.250. The van der Waals surface area contributed by atoms with Crippen molar-refractivity contribution < 1.29 is 23.5 Å². The fourth-order valence-corrected chi connectivity index (χ4v) is 3.65. The molecular weight excluding hydrogens is 351 g/mol. The Bertz CT molecular complexity index is 928. The number of fused-ring (bicyclic) bond motifs is 2. The summed E-state index contributed by atoms with van der Waals surface area (Å²) in [7, 11) is 0. The normalized spacial score (nSPS) is 20.7. The van der Waals surface area contributed by atoms with Crippen molar-refractivity contribution >= 4 is 17.9 Å². The number of benzene rings is 2. The van der Waals surface area contributed by atoms with E-state index in [1.54, 1.807) is 0 Å². The standard InChI is InChI=1S/C20H17FN2O4/c21-15-7-5-13(6-8-15)12-27-17(24)11-23-18(25)20(22-19(23)26)10-9-14-3-1-2-4-16(14)20/h1-8H,9-12H2,(H,22,26). The summed E-state index contributed by atoms with van der Waals surface area (Å²) in [6.45, 7) is -0.521. The van der Waals surface area contributed by atoms with Crippen LogP contribution in [0.25, 0.3) is 0 Å². The minimum absolute atomic E-state index is 0.0588. The lowest BCUT2D eigenvalue weighted by molar-refractivity contribution is -0.149. The summed E-state index contributed by atoms with van der Waals surface area (Å²) in [5, 5.41) is 2.76. The van der Waals surface area contributed by atoms with Crippen molar-refractivity contribution in [2.24, 2.45) is 0 Å². The number of nitrogens with zero attached hydrogens (tertiary/aromatic N) is 1. The molecule has 2 aliphatic rings. The van der Waals surface area contributed by atoms with Gasteiger partial charge in [-0.25, -0.2) is 9.18 Å². The van der Waals surface area contributed by atoms with E-state index in [0.717, 1.165) is 16.0 Å². The van der Waals surface area contributed by atoms with Gasteiger partial charge in [0.2, 0.25) is 0 Å². The first-order valence-corrected chi connectivity index (χ1v) is 8.62. The van der Waals surface area contributed by atoms with Crippen LogP contribution < -0.4 is 5.32 Å². The Balaban J connectivity index is 1.44. The summed E-state index contributed by atoms with van der Waals surface area (Å²) in [4.78, 5) is 38.3. The van der Waals surface area contributed by atoms with Gasteiger partial charge in [0.1, 0.15) is 24.5 Å². The number of imide groups is 1. The van der Waals surface area contributed by atoms with Crippen molar-refractivity contribution in [3.63, 3.8) is 0 Å². The summed E-state index contributed by atoms with van der Waals surface area (Å²) in [5.41, 5.74) is 1.32. The molecule has 0 aromatic heterocycles. The Hall–Kier alpha value is -3.22. The highest BCUT2D eigenvalue weighted by atomic mass is 19.1. The van der Waals surface area contributed by atoms with Crippen LogP contribution in [0.5, 0.6) is 0 Å². The Morgan fingerprint density at radius 1 is 1.15 bits per heavy atom. The molecule has 6 nitrogen and oxygen atoms in total. The molecule has 1 fully saturated rings. The third-order valence-electron chi connectivity index (χ3n) is 5.02. The van der Waals surface area contributed by atoms with Gasteiger partial charge in [0, 0.05) is 0 Å². The van der Waals surface area contributed by atoms with Gasteiger partial charge in [-0.3, -0.25) is 14.5 Å². The summed E-state index contributed by atoms with van der Waals surface area (Å²) in [5.74, 6) is -1.52. The molecule has 3 amide bonds. The quantitative estimate of drug-likeness (QED) is 0.664. The third kappa shape index (κ3) is 2.95. The van der Waals surface area contributed by atoms with Crippen LogP contribution in [0.3, 0.4) is 0 Å². The van der Waals surface area contributed by atoms with Crippen molar-refractivity contribution in [3.8, 4) is 0 Å². The molecule has 7 heteroatoms. The molecule has 0 radical (unpaired) electrons. The minimum Gasteiger partial charge on any atom is -0.459 e. The number of amides is 3. The first-order valence-electron chi connectivity index (χ1n) is 8.62. The molecule has 0 bridgehead atoms. The second kappa shape index (κ2) is 6.50. The SMILES string of the molecule is O=C(CN1C(=O)NC2(CCc3ccccc32)C1=O)OCc1ccc(F)cc1. The van der Waals surface area contributed by atoms with Gasteiger partial charge in [0.25, 0.3) is 5.91 Å². The zero-order chi connectivity index (χ0) is 19.0. The number of carbonyl (C=O) groups excluding carboxylic acids is 3. The van der Waals surface area contributed by atoms with Gasteiger partial charge >= 0.3 is 12.0 Å². The molecule has 1 heterocycles. The Morgan fingerprint density at radius 3 is 2.67 bits per heavy atom. The van der Waals surface area contributed by atoms with E-state index >= 15 is 0 Å². The zero-order valence-corrected chi connectivity index (χ0v) is 14.4. The van der Waals surface area contributed by atoms with Crippen LogP contribution in [0.4, 0.5) is 9.18 Å². The van der Waals surface area contributed by atoms with Gasteiger partial charge in [0.05, 0.1) is 0 Å². The zero-order valence-electron chi connectivity index (χ0n) is 14.4. The fourth-order valence-electron chi connectivity index (χ4n) is 3.65. The maximum Gasteiger partial charge on any atom is 0.326 e. The average molecular weight is 368 g/mol. The average Bonchev–Trinajstić information content (AvgIpc) is 3.15. The van der Waals surface area contributed by atoms with E-state index in [1.165, 1.54) is 24.3 Å². The number of aryl methyl sites for hydroxylation is 1. The molecule has 138 valence electrons. The molecule has 1 N–H and O–H groups in total. The summed E-state index contributed by atoms with van der Waals surface area (Å²) in [6, 6.07) is 12.4. The molecule has 1 spiro atoms. The van der Waals surface area contributed by atoms with Gasteiger partial charge in [-0.2, -0.15) is 0 Å². The molecule has 2 aromatic carbocycles. The maximum absolute atomic E-state index is 12.9. The van der Waals surface area contributed by atoms with E-state index < -0.39 is 30.0 Å². The molecular formula is C20H17FN2O4. The van der Waals surface area contributed by atoms with E-state index in [2.05, 4.69) is 5.32 Å². The van der Waals surface area contributed by atoms with Crippen molar-refractivity contribution in [2.75, 3.05) is 6.54 Å². The Morgan fingerprint density at radius 2 is 1.89 bits per heavy atom. The lowest BCUT2D eigenvalue weighted by atomic mass is 9.92. The summed E-state index contributed by atoms with van der Waals surface area (Å²) in [6.07, 6.45) is 1.16. The Labute approximate surface area is 154 Å². The lowest BCUT2D eigenvalue weighted by Crippen LogP contribution is -2.42. The van der Waals surface area contributed by atoms with E-state index in [0.29, 0.717) is 18.4 Å². The first-order chi connectivity index (χ1) is 13.0. The number of hydrogen-bond acceptors (Lipinski definition) is 4. The van der Waals surface area contributed by atoms with E-state index in [-0.39, 0.29) is 12.4 Å². The molecule has 1 saturated heterocycles. The molecule has 1 aliphatic heterocycles. The smallest absolute Gasteiger partial charge is 0.326 e. The van der Waals surface area contributed by atoms with Crippen LogP contribution in [-0.2, 0) is 32.9 Å². The predicted octanol–water partition coefficient (Wildman–Crippen LogP) is 2.26. The molecule has 1 atom stereocenters. The molecule has 4 rings (SSSR count). The summed E-state index contributed by atoms with van der Waals surface area (Å²) < 4.78 is 18.0. The maximum atomic E-state index is 12.9. The monoisotopic (exact) mass is 368 g/mol. The topological polar surface area (TPSA) is 75.7 Å². The second-order valence-electron chi connectivity index (χ2n) is 6.67. The summed E-state index contributed by atoms with van der Waals surface area (Å²) >= 11 is 0. The van der Waals surface area contributed by atoms with Crippen LogP contribution in [0, 0.1) is 5.82 Å². The molecule has 0 saturated carbocycles. The van der Waals surface area contributed by atoms with Gasteiger partial charge in [-0.15, -0.1) is 0 Å². The molecule has 27 heavy (non-hydrogen) atoms. The van der Waals surface area contributed by atoms with Crippen LogP contribution in [-0.4, -0.2) is 29.4 Å². The van der Waals surface area contributed by atoms with Crippen molar-refractivity contribution in [1.29, 1.82) is 0 Å². The van der Waals surface area contributed by atoms with Crippen molar-refractivity contribution in [3.05, 3.63) is 71.0 Å². The molecule has 1 unspecified atom stereocenters. The highest BCUT2D eigenvalue weighted by molar-refractivity contribution is 6.09. The number of rotatable bonds is 4. The number of hydrogen-bond donors (Lipinski definition) is 1. The van der Waals surface area contributed by atoms with Crippen LogP contribution in [0.1, 0.15) is 23.1 Å². The number of nitrogens with one attached hydrogen (secondary N) is 1. The number of esters is 1. The van der Waals surface area contributed by atoms with Gasteiger partial charge in [0.15, 0.2) is 0 Å². The molecule has 1 aliphatic carbocycles. The number of halogens is 1. The highest BCUT2D eigenvalue weighted by Gasteiger charge is 2.55. The first kappa shape index (κ1) is 17.2. The lowest BCUT2D eigenvalue weighted by Gasteiger charge is -2.22. The second-order valence-corrected chi connectivity index (χ2v) is 6.67. The number of urea groups is 1. The molecule has 2 aromatic rings. The third-order valence-corrected chi connectivity index (χ3v) is 5.02. The highest BCUT2D eigenvalue weighted by Crippen LogP contribution is 2.41. The van der Waals surface area contributed by atoms with E-state index in [1.807, 2.05) is 24.3 Å². The van der Waals surface area contributed by atoms with Gasteiger partial charge < -0.3 is 10.1 Å². The largest absolute Gasteiger partial charge is 0.459 e. The van der Waals surface area contributed by atoms with E-state index in [4.69, 9.17) is 4.74 Å². The van der Waals surface area contributed by atoms with Crippen LogP contribution in [0.2, 0.25) is 0 Å². The Kier molecular flexibility index (Phi) is 4.14.